The Hall–Kier alpha value is -1.36. The molecular formula is C15H22O4S. The number of benzene rings is 1. The summed E-state index contributed by atoms with van der Waals surface area (Å²) < 4.78 is 28.3. The standard InChI is InChI=1S/C15H22O4S/c1-3-4-5-6-7-8-15(16)19-20(17,18)14-11-9-13(2)10-12-14/h9-12H,3-8H2,1-2H3. The van der Waals surface area contributed by atoms with Crippen molar-refractivity contribution in [3.05, 3.63) is 29.8 Å². The van der Waals surface area contributed by atoms with Crippen LogP contribution in [0.25, 0.3) is 0 Å². The van der Waals surface area contributed by atoms with Gasteiger partial charge in [-0.3, -0.25) is 4.79 Å². The van der Waals surface area contributed by atoms with Gasteiger partial charge in [-0.1, -0.05) is 50.3 Å². The molecule has 0 amide bonds. The first-order chi connectivity index (χ1) is 9.45. The van der Waals surface area contributed by atoms with Gasteiger partial charge in [0.25, 0.3) is 0 Å². The molecule has 0 heterocycles. The van der Waals surface area contributed by atoms with Crippen LogP contribution in [0.2, 0.25) is 0 Å². The molecule has 0 fully saturated rings. The van der Waals surface area contributed by atoms with Gasteiger partial charge in [-0.25, -0.2) is 0 Å². The number of carbonyl (C=O) groups excluding carboxylic acids is 1. The second kappa shape index (κ2) is 8.04. The molecule has 4 nitrogen and oxygen atoms in total. The maximum absolute atomic E-state index is 11.8. The van der Waals surface area contributed by atoms with Gasteiger partial charge in [0.15, 0.2) is 0 Å². The summed E-state index contributed by atoms with van der Waals surface area (Å²) in [6, 6.07) is 6.23. The van der Waals surface area contributed by atoms with Crippen LogP contribution in [0, 0.1) is 6.92 Å². The largest absolute Gasteiger partial charge is 0.342 e. The van der Waals surface area contributed by atoms with Crippen LogP contribution in [0.4, 0.5) is 0 Å². The van der Waals surface area contributed by atoms with Crippen molar-refractivity contribution in [1.82, 2.24) is 0 Å². The Balaban J connectivity index is 2.46. The molecule has 1 rings (SSSR count). The maximum Gasteiger partial charge on any atom is 0.341 e. The molecule has 0 N–H and O–H groups in total. The minimum absolute atomic E-state index is 0.0161. The quantitative estimate of drug-likeness (QED) is 0.543. The van der Waals surface area contributed by atoms with Crippen LogP contribution in [-0.2, 0) is 19.1 Å². The Kier molecular flexibility index (Phi) is 6.71. The maximum atomic E-state index is 11.8. The van der Waals surface area contributed by atoms with E-state index in [4.69, 9.17) is 0 Å². The molecule has 0 aliphatic carbocycles. The van der Waals surface area contributed by atoms with Crippen molar-refractivity contribution in [2.45, 2.75) is 57.3 Å². The van der Waals surface area contributed by atoms with Gasteiger partial charge in [0, 0.05) is 6.42 Å². The fourth-order valence-corrected chi connectivity index (χ4v) is 2.68. The normalized spacial score (nSPS) is 11.3. The Bertz CT molecular complexity index is 517. The fourth-order valence-electron chi connectivity index (χ4n) is 1.79. The van der Waals surface area contributed by atoms with E-state index in [-0.39, 0.29) is 11.3 Å². The molecule has 1 aromatic carbocycles. The summed E-state index contributed by atoms with van der Waals surface area (Å²) in [4.78, 5) is 11.5. The number of rotatable bonds is 8. The van der Waals surface area contributed by atoms with Crippen molar-refractivity contribution in [2.75, 3.05) is 0 Å². The van der Waals surface area contributed by atoms with E-state index >= 15 is 0 Å². The van der Waals surface area contributed by atoms with Gasteiger partial charge in [-0.15, -0.1) is 0 Å². The zero-order chi connectivity index (χ0) is 15.0. The third-order valence-corrected chi connectivity index (χ3v) is 4.25. The molecule has 0 saturated carbocycles. The van der Waals surface area contributed by atoms with Gasteiger partial charge in [0.1, 0.15) is 4.90 Å². The minimum Gasteiger partial charge on any atom is -0.342 e. The van der Waals surface area contributed by atoms with Gasteiger partial charge in [-0.05, 0) is 25.5 Å². The molecule has 0 spiro atoms. The highest BCUT2D eigenvalue weighted by atomic mass is 32.2. The van der Waals surface area contributed by atoms with Crippen LogP contribution < -0.4 is 0 Å². The van der Waals surface area contributed by atoms with E-state index in [0.717, 1.165) is 31.2 Å². The highest BCUT2D eigenvalue weighted by Crippen LogP contribution is 2.15. The average Bonchev–Trinajstić information content (AvgIpc) is 2.38. The summed E-state index contributed by atoms with van der Waals surface area (Å²) in [7, 11) is -3.97. The summed E-state index contributed by atoms with van der Waals surface area (Å²) in [6.45, 7) is 3.97. The predicted octanol–water partition coefficient (Wildman–Crippen LogP) is 3.59. The first kappa shape index (κ1) is 16.7. The van der Waals surface area contributed by atoms with E-state index in [2.05, 4.69) is 11.1 Å². The van der Waals surface area contributed by atoms with Gasteiger partial charge in [0.2, 0.25) is 0 Å². The van der Waals surface area contributed by atoms with Crippen molar-refractivity contribution >= 4 is 16.1 Å². The second-order valence-corrected chi connectivity index (χ2v) is 6.43. The highest BCUT2D eigenvalue weighted by molar-refractivity contribution is 7.87. The number of hydrogen-bond donors (Lipinski definition) is 0. The minimum atomic E-state index is -3.97. The van der Waals surface area contributed by atoms with Crippen molar-refractivity contribution in [2.24, 2.45) is 0 Å². The lowest BCUT2D eigenvalue weighted by Crippen LogP contribution is -2.13. The van der Waals surface area contributed by atoms with E-state index in [1.54, 1.807) is 12.1 Å². The summed E-state index contributed by atoms with van der Waals surface area (Å²) in [6.07, 6.45) is 5.07. The third kappa shape index (κ3) is 5.74. The van der Waals surface area contributed by atoms with Crippen molar-refractivity contribution in [3.8, 4) is 0 Å². The third-order valence-electron chi connectivity index (χ3n) is 3.00. The molecule has 5 heteroatoms. The summed E-state index contributed by atoms with van der Waals surface area (Å²) in [5.41, 5.74) is 0.950. The summed E-state index contributed by atoms with van der Waals surface area (Å²) >= 11 is 0. The smallest absolute Gasteiger partial charge is 0.341 e. The van der Waals surface area contributed by atoms with Crippen molar-refractivity contribution in [3.63, 3.8) is 0 Å². The molecule has 0 atom stereocenters. The lowest BCUT2D eigenvalue weighted by molar-refractivity contribution is -0.133. The van der Waals surface area contributed by atoms with E-state index < -0.39 is 16.1 Å². The van der Waals surface area contributed by atoms with Crippen LogP contribution >= 0.6 is 0 Å². The molecule has 0 bridgehead atoms. The number of unbranched alkanes of at least 4 members (excludes halogenated alkanes) is 4. The molecular weight excluding hydrogens is 276 g/mol. The molecule has 112 valence electrons. The van der Waals surface area contributed by atoms with Crippen molar-refractivity contribution < 1.29 is 17.4 Å². The van der Waals surface area contributed by atoms with Gasteiger partial charge >= 0.3 is 16.1 Å². The Morgan fingerprint density at radius 1 is 1.05 bits per heavy atom. The number of hydrogen-bond acceptors (Lipinski definition) is 4. The Labute approximate surface area is 121 Å². The highest BCUT2D eigenvalue weighted by Gasteiger charge is 2.19. The average molecular weight is 298 g/mol. The molecule has 0 radical (unpaired) electrons. The SMILES string of the molecule is CCCCCCCC(=O)OS(=O)(=O)c1ccc(C)cc1. The molecule has 0 aromatic heterocycles. The number of carbonyl (C=O) groups is 1. The van der Waals surface area contributed by atoms with E-state index in [9.17, 15) is 13.2 Å². The number of aryl methyl sites for hydroxylation is 1. The molecule has 0 aliphatic rings. The Morgan fingerprint density at radius 3 is 2.25 bits per heavy atom. The van der Waals surface area contributed by atoms with Crippen LogP contribution in [0.5, 0.6) is 0 Å². The van der Waals surface area contributed by atoms with E-state index in [0.29, 0.717) is 6.42 Å². The predicted molar refractivity (Wildman–Crippen MR) is 77.8 cm³/mol. The monoisotopic (exact) mass is 298 g/mol. The lowest BCUT2D eigenvalue weighted by atomic mass is 10.1. The first-order valence-corrected chi connectivity index (χ1v) is 8.40. The van der Waals surface area contributed by atoms with Crippen LogP contribution in [0.15, 0.2) is 29.2 Å². The topological polar surface area (TPSA) is 60.4 Å². The second-order valence-electron chi connectivity index (χ2n) is 4.89. The van der Waals surface area contributed by atoms with Gasteiger partial charge in [0.05, 0.1) is 0 Å². The molecule has 20 heavy (non-hydrogen) atoms. The van der Waals surface area contributed by atoms with Crippen LogP contribution in [-0.4, -0.2) is 14.4 Å². The lowest BCUT2D eigenvalue weighted by Gasteiger charge is -2.06. The Morgan fingerprint density at radius 2 is 1.65 bits per heavy atom. The van der Waals surface area contributed by atoms with Crippen LogP contribution in [0.3, 0.4) is 0 Å². The molecule has 0 saturated heterocycles. The summed E-state index contributed by atoms with van der Waals surface area (Å²) in [5, 5.41) is 0. The molecule has 0 aliphatic heterocycles. The zero-order valence-electron chi connectivity index (χ0n) is 12.1. The summed E-state index contributed by atoms with van der Waals surface area (Å²) in [5.74, 6) is -0.679. The molecule has 0 unspecified atom stereocenters. The van der Waals surface area contributed by atoms with Gasteiger partial charge < -0.3 is 4.18 Å². The van der Waals surface area contributed by atoms with E-state index in [1.807, 2.05) is 6.92 Å². The van der Waals surface area contributed by atoms with Crippen molar-refractivity contribution in [1.29, 1.82) is 0 Å². The fraction of sp³-hybridized carbons (Fsp3) is 0.533. The van der Waals surface area contributed by atoms with Gasteiger partial charge in [-0.2, -0.15) is 8.42 Å². The molecule has 1 aromatic rings. The first-order valence-electron chi connectivity index (χ1n) is 6.99. The van der Waals surface area contributed by atoms with Crippen LogP contribution in [0.1, 0.15) is 51.0 Å². The zero-order valence-corrected chi connectivity index (χ0v) is 12.9. The van der Waals surface area contributed by atoms with E-state index in [1.165, 1.54) is 12.1 Å².